The van der Waals surface area contributed by atoms with Crippen molar-refractivity contribution in [1.29, 1.82) is 0 Å². The Labute approximate surface area is 125 Å². The monoisotopic (exact) mass is 286 g/mol. The van der Waals surface area contributed by atoms with Crippen LogP contribution >= 0.6 is 11.3 Å². The minimum Gasteiger partial charge on any atom is -0.314 e. The van der Waals surface area contributed by atoms with Gasteiger partial charge in [0.1, 0.15) is 0 Å². The van der Waals surface area contributed by atoms with E-state index >= 15 is 0 Å². The van der Waals surface area contributed by atoms with Crippen molar-refractivity contribution in [1.82, 2.24) is 10.3 Å². The number of likely N-dealkylation sites (N-methyl/N-ethyl adjacent to an activating group) is 1. The Balaban J connectivity index is 1.66. The van der Waals surface area contributed by atoms with Crippen LogP contribution in [0.1, 0.15) is 31.2 Å². The van der Waals surface area contributed by atoms with Crippen LogP contribution in [0.15, 0.2) is 35.7 Å². The third-order valence-corrected chi connectivity index (χ3v) is 4.72. The molecule has 3 rings (SSSR count). The van der Waals surface area contributed by atoms with Gasteiger partial charge in [0.15, 0.2) is 0 Å². The van der Waals surface area contributed by atoms with Crippen molar-refractivity contribution in [3.05, 3.63) is 40.7 Å². The molecule has 0 aliphatic heterocycles. The zero-order valence-corrected chi connectivity index (χ0v) is 12.8. The SMILES string of the molecule is CCNC(Cc1nc(-c2ccccc2)cs1)CC1CC1. The highest BCUT2D eigenvalue weighted by molar-refractivity contribution is 7.09. The summed E-state index contributed by atoms with van der Waals surface area (Å²) < 4.78 is 0. The van der Waals surface area contributed by atoms with Crippen molar-refractivity contribution < 1.29 is 0 Å². The zero-order valence-electron chi connectivity index (χ0n) is 12.0. The van der Waals surface area contributed by atoms with E-state index in [0.717, 1.165) is 24.6 Å². The van der Waals surface area contributed by atoms with Crippen molar-refractivity contribution in [3.63, 3.8) is 0 Å². The third kappa shape index (κ3) is 3.68. The summed E-state index contributed by atoms with van der Waals surface area (Å²) in [5.74, 6) is 0.965. The van der Waals surface area contributed by atoms with Crippen LogP contribution in [0.3, 0.4) is 0 Å². The van der Waals surface area contributed by atoms with E-state index in [0.29, 0.717) is 6.04 Å². The van der Waals surface area contributed by atoms with Crippen LogP contribution in [-0.4, -0.2) is 17.6 Å². The summed E-state index contributed by atoms with van der Waals surface area (Å²) in [4.78, 5) is 4.81. The van der Waals surface area contributed by atoms with Gasteiger partial charge >= 0.3 is 0 Å². The van der Waals surface area contributed by atoms with Crippen LogP contribution in [0, 0.1) is 5.92 Å². The Bertz CT molecular complexity index is 531. The molecule has 1 aromatic heterocycles. The van der Waals surface area contributed by atoms with Crippen LogP contribution in [0.5, 0.6) is 0 Å². The van der Waals surface area contributed by atoms with Gasteiger partial charge in [-0.3, -0.25) is 0 Å². The zero-order chi connectivity index (χ0) is 13.8. The lowest BCUT2D eigenvalue weighted by Crippen LogP contribution is -2.31. The first-order valence-electron chi connectivity index (χ1n) is 7.58. The summed E-state index contributed by atoms with van der Waals surface area (Å²) in [6.45, 7) is 3.24. The minimum atomic E-state index is 0.599. The van der Waals surface area contributed by atoms with Crippen molar-refractivity contribution in [2.45, 2.75) is 38.6 Å². The normalized spacial score (nSPS) is 16.2. The van der Waals surface area contributed by atoms with Crippen LogP contribution in [0.4, 0.5) is 0 Å². The smallest absolute Gasteiger partial charge is 0.0948 e. The van der Waals surface area contributed by atoms with Crippen LogP contribution in [0.25, 0.3) is 11.3 Å². The molecule has 1 saturated carbocycles. The van der Waals surface area contributed by atoms with E-state index in [4.69, 9.17) is 4.98 Å². The first-order valence-corrected chi connectivity index (χ1v) is 8.46. The van der Waals surface area contributed by atoms with Gasteiger partial charge in [-0.15, -0.1) is 11.3 Å². The number of hydrogen-bond acceptors (Lipinski definition) is 3. The van der Waals surface area contributed by atoms with Gasteiger partial charge in [-0.25, -0.2) is 4.98 Å². The Morgan fingerprint density at radius 3 is 2.80 bits per heavy atom. The number of nitrogens with one attached hydrogen (secondary N) is 1. The topological polar surface area (TPSA) is 24.9 Å². The van der Waals surface area contributed by atoms with Crippen LogP contribution < -0.4 is 5.32 Å². The number of aromatic nitrogens is 1. The van der Waals surface area contributed by atoms with E-state index in [9.17, 15) is 0 Å². The molecule has 1 N–H and O–H groups in total. The molecule has 1 aliphatic rings. The molecule has 1 aromatic carbocycles. The summed E-state index contributed by atoms with van der Waals surface area (Å²) in [5.41, 5.74) is 2.34. The van der Waals surface area contributed by atoms with E-state index in [2.05, 4.69) is 41.9 Å². The van der Waals surface area contributed by atoms with Crippen molar-refractivity contribution in [2.75, 3.05) is 6.54 Å². The van der Waals surface area contributed by atoms with E-state index in [-0.39, 0.29) is 0 Å². The van der Waals surface area contributed by atoms with E-state index < -0.39 is 0 Å². The summed E-state index contributed by atoms with van der Waals surface area (Å²) in [6, 6.07) is 11.1. The summed E-state index contributed by atoms with van der Waals surface area (Å²) in [5, 5.41) is 7.06. The predicted molar refractivity (Wildman–Crippen MR) is 86.1 cm³/mol. The van der Waals surface area contributed by atoms with Gasteiger partial charge in [0.2, 0.25) is 0 Å². The average molecular weight is 286 g/mol. The number of thiazole rings is 1. The fraction of sp³-hybridized carbons (Fsp3) is 0.471. The molecule has 1 atom stereocenters. The Hall–Kier alpha value is -1.19. The number of benzene rings is 1. The number of hydrogen-bond donors (Lipinski definition) is 1. The molecule has 2 nitrogen and oxygen atoms in total. The van der Waals surface area contributed by atoms with Gasteiger partial charge in [-0.1, -0.05) is 50.1 Å². The number of rotatable bonds is 7. The van der Waals surface area contributed by atoms with Crippen LogP contribution in [-0.2, 0) is 6.42 Å². The third-order valence-electron chi connectivity index (χ3n) is 3.85. The Morgan fingerprint density at radius 1 is 1.30 bits per heavy atom. The Kier molecular flexibility index (Phi) is 4.48. The second kappa shape index (κ2) is 6.51. The van der Waals surface area contributed by atoms with Crippen molar-refractivity contribution in [3.8, 4) is 11.3 Å². The van der Waals surface area contributed by atoms with Gasteiger partial charge in [0.25, 0.3) is 0 Å². The Morgan fingerprint density at radius 2 is 2.10 bits per heavy atom. The van der Waals surface area contributed by atoms with Crippen LogP contribution in [0.2, 0.25) is 0 Å². The minimum absolute atomic E-state index is 0.599. The van der Waals surface area contributed by atoms with Gasteiger partial charge in [-0.05, 0) is 18.9 Å². The molecule has 1 aliphatic carbocycles. The summed E-state index contributed by atoms with van der Waals surface area (Å²) >= 11 is 1.79. The highest BCUT2D eigenvalue weighted by Gasteiger charge is 2.25. The maximum atomic E-state index is 4.81. The van der Waals surface area contributed by atoms with Crippen molar-refractivity contribution in [2.24, 2.45) is 5.92 Å². The molecule has 3 heteroatoms. The molecule has 106 valence electrons. The lowest BCUT2D eigenvalue weighted by molar-refractivity contribution is 0.465. The fourth-order valence-electron chi connectivity index (χ4n) is 2.64. The molecule has 1 unspecified atom stereocenters. The second-order valence-electron chi connectivity index (χ2n) is 5.63. The first kappa shape index (κ1) is 13.8. The molecular formula is C17H22N2S. The average Bonchev–Trinajstić information content (AvgIpc) is 3.16. The standard InChI is InChI=1S/C17H22N2S/c1-2-18-15(10-13-8-9-13)11-17-19-16(12-20-17)14-6-4-3-5-7-14/h3-7,12-13,15,18H,2,8-11H2,1H3. The molecular weight excluding hydrogens is 264 g/mol. The maximum Gasteiger partial charge on any atom is 0.0948 e. The summed E-state index contributed by atoms with van der Waals surface area (Å²) in [7, 11) is 0. The lowest BCUT2D eigenvalue weighted by atomic mass is 10.1. The van der Waals surface area contributed by atoms with Gasteiger partial charge in [-0.2, -0.15) is 0 Å². The number of nitrogens with zero attached hydrogens (tertiary/aromatic N) is 1. The predicted octanol–water partition coefficient (Wildman–Crippen LogP) is 4.13. The highest BCUT2D eigenvalue weighted by Crippen LogP contribution is 2.34. The van der Waals surface area contributed by atoms with E-state index in [1.807, 2.05) is 6.07 Å². The maximum absolute atomic E-state index is 4.81. The highest BCUT2D eigenvalue weighted by atomic mass is 32.1. The molecule has 0 amide bonds. The molecule has 0 spiro atoms. The molecule has 1 heterocycles. The molecule has 1 fully saturated rings. The molecule has 2 aromatic rings. The molecule has 0 saturated heterocycles. The van der Waals surface area contributed by atoms with Gasteiger partial charge < -0.3 is 5.32 Å². The summed E-state index contributed by atoms with van der Waals surface area (Å²) in [6.07, 6.45) is 5.24. The lowest BCUT2D eigenvalue weighted by Gasteiger charge is -2.15. The van der Waals surface area contributed by atoms with Crippen molar-refractivity contribution >= 4 is 11.3 Å². The molecule has 0 radical (unpaired) electrons. The first-order chi connectivity index (χ1) is 9.85. The van der Waals surface area contributed by atoms with Gasteiger partial charge in [0, 0.05) is 23.4 Å². The second-order valence-corrected chi connectivity index (χ2v) is 6.57. The van der Waals surface area contributed by atoms with E-state index in [1.165, 1.54) is 29.8 Å². The molecule has 20 heavy (non-hydrogen) atoms. The van der Waals surface area contributed by atoms with Gasteiger partial charge in [0.05, 0.1) is 10.7 Å². The quantitative estimate of drug-likeness (QED) is 0.828. The largest absolute Gasteiger partial charge is 0.314 e. The fourth-order valence-corrected chi connectivity index (χ4v) is 3.53. The molecule has 0 bridgehead atoms. The van der Waals surface area contributed by atoms with E-state index in [1.54, 1.807) is 11.3 Å².